The molecule has 6 aliphatic heterocycles. The van der Waals surface area contributed by atoms with Crippen LogP contribution < -0.4 is 5.32 Å². The van der Waals surface area contributed by atoms with Gasteiger partial charge in [-0.05, 0) is 160 Å². The summed E-state index contributed by atoms with van der Waals surface area (Å²) in [6.45, 7) is 32.2. The third-order valence-electron chi connectivity index (χ3n) is 27.1. The van der Waals surface area contributed by atoms with Gasteiger partial charge in [-0.1, -0.05) is 104 Å². The lowest BCUT2D eigenvalue weighted by atomic mass is 9.73. The SMILES string of the molecule is CC[C@H]1OC(=O)[C@@](C)(F)C(=O)[C@H](C)[C@@H](O[C@@H]2O[C@H](C)C[C@H](N(C)C)[C@@H]2C)[C@@](C)(OC)C[C@@H](C)C(=O)[C@H](C)[C@@H]2N(CCCCn3cc(-c4cccc(NC(C)=O)c4)nn3)C(=O)O[C@@]21C.CC[C@H]1OC(=O)[C@@](C)(F)C(=O)[C@H](C)[C@@H](O[C@@H]2O[C@H](C)C[C@H](N(C)C)[C@@H]2C)[C@@](C)(OC)C[C@@H](C)C(=O)[C@H](C)[C@@H]2N(CCCCn3cc(-c4cccc([N+](=O)[O-])c4)nn3)C(=O)O[C@@]21C. The van der Waals surface area contributed by atoms with E-state index in [4.69, 9.17) is 47.4 Å². The molecule has 4 aromatic rings. The van der Waals surface area contributed by atoms with Crippen molar-refractivity contribution in [3.05, 3.63) is 71.0 Å². The number of hydrogen-bond acceptors (Lipinski definition) is 27. The summed E-state index contributed by atoms with van der Waals surface area (Å²) in [5.41, 5.74) is -9.27. The Hall–Kier alpha value is -8.71. The predicted molar refractivity (Wildman–Crippen MR) is 456 cm³/mol. The number of alkyl halides is 2. The Morgan fingerprint density at radius 2 is 0.944 bits per heavy atom. The van der Waals surface area contributed by atoms with Crippen molar-refractivity contribution in [3.8, 4) is 22.5 Å². The van der Waals surface area contributed by atoms with E-state index in [1.807, 2.05) is 74.1 Å². The molecule has 2 aromatic heterocycles. The highest BCUT2D eigenvalue weighted by Gasteiger charge is 2.65. The number of nitrogens with one attached hydrogen (secondary N) is 1. The van der Waals surface area contributed by atoms with Gasteiger partial charge in [-0.3, -0.25) is 43.5 Å². The van der Waals surface area contributed by atoms with Crippen molar-refractivity contribution in [2.75, 3.05) is 60.8 Å². The van der Waals surface area contributed by atoms with E-state index in [9.17, 15) is 53.3 Å². The number of carbonyl (C=O) groups excluding carboxylic acids is 9. The molecule has 0 aliphatic carbocycles. The standard InChI is InChI=1S/C46H69FN6O10.C44H65FN6O11/c1-14-36-46(10)38(53(43(58)63-46)21-16-15-20-52-25-34(49-50-52)32-18-17-19-33(23-32)48-31(7)54)29(5)37(55)26(2)24-44(8,59-13)40(30(6)39(56)45(9,47)42(57)61-36)62-41-28(4)35(51(11)12)22-27(3)60-41;1-13-34-44(9)36(50(41(55)62-44)20-15-14-19-49-24-32(46-47-49)30-17-16-18-31(22-30)51(56)57)28(5)35(52)25(2)23-42(7,58-12)38(29(6)37(53)43(8,45)40(54)60-34)61-39-27(4)33(48(10)11)21-26(3)59-39/h17-19,23,25-30,35-36,38,40-41H,14-16,20-22,24H2,1-13H3,(H,48,54);16-18,22,24-29,33-34,36,38-39H,13-15,19-21,23H2,1-12H3/t26-,27-,28+,29+,30+,35+,36-,38+,40-,41+,44+,45+,46-;25-,26-,27+,28+,29+,33+,34-,36+,38-,39+,42+,43+,44-/m11/s1. The Balaban J connectivity index is 0.000000283. The largest absolute Gasteiger partial charge is 0.455 e. The fourth-order valence-electron chi connectivity index (χ4n) is 20.0. The van der Waals surface area contributed by atoms with Crippen LogP contribution in [0.1, 0.15) is 196 Å². The summed E-state index contributed by atoms with van der Waals surface area (Å²) >= 11 is 0. The molecule has 694 valence electrons. The van der Waals surface area contributed by atoms with Crippen LogP contribution in [0.2, 0.25) is 0 Å². The average molecular weight is 1760 g/mol. The maximum Gasteiger partial charge on any atom is 0.410 e. The van der Waals surface area contributed by atoms with Gasteiger partial charge in [0.1, 0.15) is 35.2 Å². The Bertz CT molecular complexity index is 4490. The number of hydrogen-bond donors (Lipinski definition) is 1. The molecule has 33 nitrogen and oxygen atoms in total. The molecular weight excluding hydrogens is 1620 g/mol. The number of non-ortho nitro benzene ring substituents is 1. The van der Waals surface area contributed by atoms with Gasteiger partial charge in [-0.2, -0.15) is 0 Å². The van der Waals surface area contributed by atoms with Crippen LogP contribution in [0.4, 0.5) is 29.7 Å². The van der Waals surface area contributed by atoms with Crippen molar-refractivity contribution in [2.45, 2.75) is 316 Å². The zero-order valence-electron chi connectivity index (χ0n) is 77.5. The van der Waals surface area contributed by atoms with Gasteiger partial charge >= 0.3 is 24.1 Å². The molecule has 0 spiro atoms. The third-order valence-corrected chi connectivity index (χ3v) is 27.1. The molecule has 6 aliphatic rings. The minimum Gasteiger partial charge on any atom is -0.455 e. The highest BCUT2D eigenvalue weighted by Crippen LogP contribution is 2.48. The first-order valence-electron chi connectivity index (χ1n) is 43.9. The van der Waals surface area contributed by atoms with Crippen LogP contribution in [0.3, 0.4) is 0 Å². The van der Waals surface area contributed by atoms with E-state index in [-0.39, 0.29) is 98.1 Å². The van der Waals surface area contributed by atoms with Crippen LogP contribution >= 0.6 is 0 Å². The number of halogens is 2. The second-order valence-electron chi connectivity index (χ2n) is 37.1. The second kappa shape index (κ2) is 40.7. The summed E-state index contributed by atoms with van der Waals surface area (Å²) < 4.78 is 99.6. The van der Waals surface area contributed by atoms with E-state index >= 15 is 8.78 Å². The average Bonchev–Trinajstić information content (AvgIpc) is 1.61. The van der Waals surface area contributed by atoms with Gasteiger partial charge < -0.3 is 72.3 Å². The van der Waals surface area contributed by atoms with Crippen LogP contribution in [-0.2, 0) is 94.0 Å². The number of esters is 2. The van der Waals surface area contributed by atoms with E-state index < -0.39 is 159 Å². The molecular formula is C90H134F2N12O21. The number of Topliss-reactive ketones (excluding diaryl/α,β-unsaturated/α-hetero) is 4. The van der Waals surface area contributed by atoms with Crippen molar-refractivity contribution >= 4 is 64.5 Å². The summed E-state index contributed by atoms with van der Waals surface area (Å²) in [5, 5.41) is 31.0. The van der Waals surface area contributed by atoms with Gasteiger partial charge in [0, 0.05) is 136 Å². The monoisotopic (exact) mass is 1760 g/mol. The van der Waals surface area contributed by atoms with Crippen molar-refractivity contribution in [2.24, 2.45) is 47.3 Å². The van der Waals surface area contributed by atoms with Crippen molar-refractivity contribution in [3.63, 3.8) is 0 Å². The Morgan fingerprint density at radius 3 is 1.30 bits per heavy atom. The number of nitrogens with zero attached hydrogens (tertiary/aromatic N) is 11. The minimum atomic E-state index is -3.15. The van der Waals surface area contributed by atoms with Crippen LogP contribution in [0.25, 0.3) is 22.5 Å². The van der Waals surface area contributed by atoms with Gasteiger partial charge in [0.2, 0.25) is 5.91 Å². The highest BCUT2D eigenvalue weighted by atomic mass is 19.1. The van der Waals surface area contributed by atoms with Crippen molar-refractivity contribution in [1.29, 1.82) is 0 Å². The molecule has 6 saturated heterocycles. The molecule has 1 N–H and O–H groups in total. The number of fused-ring (bicyclic) bond motifs is 2. The number of cyclic esters (lactones) is 2. The zero-order chi connectivity index (χ0) is 92.8. The van der Waals surface area contributed by atoms with E-state index in [2.05, 4.69) is 35.7 Å². The summed E-state index contributed by atoms with van der Waals surface area (Å²) in [4.78, 5) is 143. The Morgan fingerprint density at radius 1 is 0.568 bits per heavy atom. The molecule has 3 amide bonds. The molecule has 10 rings (SSSR count). The highest BCUT2D eigenvalue weighted by molar-refractivity contribution is 6.08. The van der Waals surface area contributed by atoms with E-state index in [1.165, 1.54) is 56.9 Å². The van der Waals surface area contributed by atoms with Gasteiger partial charge in [-0.25, -0.2) is 28.0 Å². The molecule has 125 heavy (non-hydrogen) atoms. The molecule has 6 fully saturated rings. The topological polar surface area (TPSA) is 375 Å². The summed E-state index contributed by atoms with van der Waals surface area (Å²) in [7, 11) is 10.8. The van der Waals surface area contributed by atoms with Crippen LogP contribution in [-0.4, -0.2) is 270 Å². The molecule has 0 unspecified atom stereocenters. The maximum absolute atomic E-state index is 17.0. The number of methoxy groups -OCH3 is 2. The quantitative estimate of drug-likeness (QED) is 0.0170. The number of aryl methyl sites for hydroxylation is 2. The van der Waals surface area contributed by atoms with Crippen molar-refractivity contribution in [1.82, 2.24) is 49.6 Å². The molecule has 0 saturated carbocycles. The molecule has 26 atom stereocenters. The third kappa shape index (κ3) is 21.7. The van der Waals surface area contributed by atoms with Gasteiger partial charge in [0.05, 0.1) is 65.0 Å². The predicted octanol–water partition coefficient (Wildman–Crippen LogP) is 12.5. The van der Waals surface area contributed by atoms with Crippen molar-refractivity contribution < 1.29 is 104 Å². The number of amides is 3. The fraction of sp³-hybridized carbons (Fsp3) is 0.722. The van der Waals surface area contributed by atoms with Gasteiger partial charge in [-0.15, -0.1) is 10.2 Å². The lowest BCUT2D eigenvalue weighted by Gasteiger charge is -2.48. The number of unbranched alkanes of at least 4 members (excludes halogenated alkanes) is 2. The number of anilines is 1. The first-order chi connectivity index (χ1) is 58.5. The molecule has 35 heteroatoms. The Labute approximate surface area is 732 Å². The van der Waals surface area contributed by atoms with Gasteiger partial charge in [0.25, 0.3) is 17.0 Å². The molecule has 0 bridgehead atoms. The number of nitro groups is 1. The van der Waals surface area contributed by atoms with E-state index in [1.54, 1.807) is 109 Å². The van der Waals surface area contributed by atoms with E-state index in [0.717, 1.165) is 32.3 Å². The number of carbonyl (C=O) groups is 9. The van der Waals surface area contributed by atoms with E-state index in [0.29, 0.717) is 61.4 Å². The van der Waals surface area contributed by atoms with Crippen LogP contribution in [0.5, 0.6) is 0 Å². The summed E-state index contributed by atoms with van der Waals surface area (Å²) in [6.07, 6.45) is -1.05. The Kier molecular flexibility index (Phi) is 32.6. The second-order valence-corrected chi connectivity index (χ2v) is 37.1. The van der Waals surface area contributed by atoms with Crippen LogP contribution in [0.15, 0.2) is 60.9 Å². The number of benzene rings is 2. The molecule has 8 heterocycles. The smallest absolute Gasteiger partial charge is 0.410 e. The fourth-order valence-corrected chi connectivity index (χ4v) is 20.0. The molecule has 0 radical (unpaired) electrons. The number of ether oxygens (including phenoxy) is 10. The number of rotatable bonds is 24. The molecule has 2 aromatic carbocycles. The number of ketones is 4. The van der Waals surface area contributed by atoms with Crippen LogP contribution in [0, 0.1) is 57.5 Å². The number of nitro benzene ring substituents is 1. The van der Waals surface area contributed by atoms with Gasteiger partial charge in [0.15, 0.2) is 35.3 Å². The lowest BCUT2D eigenvalue weighted by Crippen LogP contribution is -2.61. The maximum atomic E-state index is 17.0. The lowest BCUT2D eigenvalue weighted by molar-refractivity contribution is -0.384. The first-order valence-corrected chi connectivity index (χ1v) is 43.9. The normalized spacial score (nSPS) is 36.0. The minimum absolute atomic E-state index is 0.0435. The summed E-state index contributed by atoms with van der Waals surface area (Å²) in [6, 6.07) is 11.6. The first kappa shape index (κ1) is 100. The number of aromatic nitrogens is 6. The summed E-state index contributed by atoms with van der Waals surface area (Å²) in [5.74, 6) is -11.7. The zero-order valence-corrected chi connectivity index (χ0v) is 77.5.